The Balaban J connectivity index is 2.67. The topological polar surface area (TPSA) is 15.3 Å². The summed E-state index contributed by atoms with van der Waals surface area (Å²) in [5, 5.41) is 3.42. The van der Waals surface area contributed by atoms with Crippen LogP contribution in [0.5, 0.6) is 0 Å². The molecule has 0 aromatic heterocycles. The zero-order valence-electron chi connectivity index (χ0n) is 11.7. The van der Waals surface area contributed by atoms with Crippen LogP contribution < -0.4 is 5.32 Å². The maximum Gasteiger partial charge on any atom is 0.0446 e. The number of likely N-dealkylation sites (N-methyl/N-ethyl adjacent to an activating group) is 2. The van der Waals surface area contributed by atoms with E-state index in [-0.39, 0.29) is 0 Å². The molecule has 1 unspecified atom stereocenters. The van der Waals surface area contributed by atoms with Crippen molar-refractivity contribution < 1.29 is 0 Å². The Kier molecular flexibility index (Phi) is 6.23. The SMILES string of the molecule is CCCN(CC)CC(NC)c1ccc(C)cc1. The van der Waals surface area contributed by atoms with Crippen molar-refractivity contribution in [2.45, 2.75) is 33.2 Å². The van der Waals surface area contributed by atoms with E-state index in [1.54, 1.807) is 0 Å². The molecule has 1 atom stereocenters. The first kappa shape index (κ1) is 14.2. The second-order valence-corrected chi connectivity index (χ2v) is 4.65. The van der Waals surface area contributed by atoms with Gasteiger partial charge in [-0.3, -0.25) is 0 Å². The lowest BCUT2D eigenvalue weighted by Crippen LogP contribution is -2.34. The Bertz CT molecular complexity index is 305. The third kappa shape index (κ3) is 4.49. The van der Waals surface area contributed by atoms with Gasteiger partial charge in [-0.15, -0.1) is 0 Å². The predicted molar refractivity (Wildman–Crippen MR) is 75.4 cm³/mol. The van der Waals surface area contributed by atoms with Crippen molar-refractivity contribution in [1.29, 1.82) is 0 Å². The van der Waals surface area contributed by atoms with E-state index in [2.05, 4.69) is 55.3 Å². The maximum atomic E-state index is 3.42. The summed E-state index contributed by atoms with van der Waals surface area (Å²) < 4.78 is 0. The van der Waals surface area contributed by atoms with Gasteiger partial charge in [0.25, 0.3) is 0 Å². The van der Waals surface area contributed by atoms with Crippen LogP contribution in [0.3, 0.4) is 0 Å². The molecule has 0 spiro atoms. The number of nitrogens with zero attached hydrogens (tertiary/aromatic N) is 1. The Morgan fingerprint density at radius 2 is 1.82 bits per heavy atom. The van der Waals surface area contributed by atoms with Crippen LogP contribution in [0.2, 0.25) is 0 Å². The first-order valence-corrected chi connectivity index (χ1v) is 6.67. The van der Waals surface area contributed by atoms with Gasteiger partial charge in [0, 0.05) is 12.6 Å². The lowest BCUT2D eigenvalue weighted by atomic mass is 10.0. The smallest absolute Gasteiger partial charge is 0.0446 e. The van der Waals surface area contributed by atoms with E-state index in [9.17, 15) is 0 Å². The molecule has 0 saturated heterocycles. The first-order valence-electron chi connectivity index (χ1n) is 6.67. The Morgan fingerprint density at radius 1 is 1.18 bits per heavy atom. The molecule has 17 heavy (non-hydrogen) atoms. The first-order chi connectivity index (χ1) is 8.21. The summed E-state index contributed by atoms with van der Waals surface area (Å²) in [6, 6.07) is 9.28. The Morgan fingerprint density at radius 3 is 2.29 bits per heavy atom. The summed E-state index contributed by atoms with van der Waals surface area (Å²) in [6.07, 6.45) is 1.22. The molecule has 0 bridgehead atoms. The number of aryl methyl sites for hydroxylation is 1. The van der Waals surface area contributed by atoms with Crippen LogP contribution in [0.4, 0.5) is 0 Å². The lowest BCUT2D eigenvalue weighted by Gasteiger charge is -2.26. The van der Waals surface area contributed by atoms with Crippen molar-refractivity contribution in [3.8, 4) is 0 Å². The van der Waals surface area contributed by atoms with Gasteiger partial charge in [-0.1, -0.05) is 43.7 Å². The van der Waals surface area contributed by atoms with Crippen LogP contribution >= 0.6 is 0 Å². The highest BCUT2D eigenvalue weighted by Crippen LogP contribution is 2.15. The van der Waals surface area contributed by atoms with Gasteiger partial charge in [-0.2, -0.15) is 0 Å². The summed E-state index contributed by atoms with van der Waals surface area (Å²) in [7, 11) is 2.05. The highest BCUT2D eigenvalue weighted by molar-refractivity contribution is 5.24. The zero-order chi connectivity index (χ0) is 12.7. The molecular weight excluding hydrogens is 208 g/mol. The van der Waals surface area contributed by atoms with Crippen LogP contribution in [-0.4, -0.2) is 31.6 Å². The van der Waals surface area contributed by atoms with Crippen molar-refractivity contribution in [3.63, 3.8) is 0 Å². The second kappa shape index (κ2) is 7.46. The van der Waals surface area contributed by atoms with E-state index in [0.717, 1.165) is 13.1 Å². The van der Waals surface area contributed by atoms with Gasteiger partial charge in [0.15, 0.2) is 0 Å². The second-order valence-electron chi connectivity index (χ2n) is 4.65. The molecule has 1 rings (SSSR count). The van der Waals surface area contributed by atoms with Crippen LogP contribution in [0.15, 0.2) is 24.3 Å². The average Bonchev–Trinajstić information content (AvgIpc) is 2.36. The maximum absolute atomic E-state index is 3.42. The highest BCUT2D eigenvalue weighted by Gasteiger charge is 2.12. The normalized spacial score (nSPS) is 13.0. The van der Waals surface area contributed by atoms with Crippen LogP contribution in [0.1, 0.15) is 37.4 Å². The van der Waals surface area contributed by atoms with Gasteiger partial charge in [0.2, 0.25) is 0 Å². The third-order valence-corrected chi connectivity index (χ3v) is 3.26. The van der Waals surface area contributed by atoms with E-state index in [1.807, 2.05) is 7.05 Å². The van der Waals surface area contributed by atoms with E-state index >= 15 is 0 Å². The minimum Gasteiger partial charge on any atom is -0.312 e. The van der Waals surface area contributed by atoms with Gasteiger partial charge in [-0.25, -0.2) is 0 Å². The van der Waals surface area contributed by atoms with Crippen molar-refractivity contribution in [1.82, 2.24) is 10.2 Å². The Hall–Kier alpha value is -0.860. The molecule has 1 aromatic rings. The fraction of sp³-hybridized carbons (Fsp3) is 0.600. The number of nitrogens with one attached hydrogen (secondary N) is 1. The molecule has 96 valence electrons. The van der Waals surface area contributed by atoms with E-state index in [1.165, 1.54) is 24.1 Å². The molecule has 0 saturated carbocycles. The molecule has 0 fully saturated rings. The van der Waals surface area contributed by atoms with Crippen molar-refractivity contribution in [3.05, 3.63) is 35.4 Å². The molecule has 0 aliphatic heterocycles. The molecule has 0 aliphatic rings. The summed E-state index contributed by atoms with van der Waals surface area (Å²) in [5.41, 5.74) is 2.71. The van der Waals surface area contributed by atoms with Crippen molar-refractivity contribution in [2.75, 3.05) is 26.7 Å². The van der Waals surface area contributed by atoms with E-state index in [4.69, 9.17) is 0 Å². The van der Waals surface area contributed by atoms with Crippen LogP contribution in [0.25, 0.3) is 0 Å². The number of hydrogen-bond donors (Lipinski definition) is 1. The minimum atomic E-state index is 0.432. The fourth-order valence-electron chi connectivity index (χ4n) is 2.12. The van der Waals surface area contributed by atoms with Gasteiger partial charge in [0.05, 0.1) is 0 Å². The highest BCUT2D eigenvalue weighted by atomic mass is 15.1. The molecule has 0 aliphatic carbocycles. The Labute approximate surface area is 106 Å². The minimum absolute atomic E-state index is 0.432. The molecule has 0 amide bonds. The number of benzene rings is 1. The van der Waals surface area contributed by atoms with Crippen LogP contribution in [-0.2, 0) is 0 Å². The standard InChI is InChI=1S/C15H26N2/c1-5-11-17(6-2)12-15(16-4)14-9-7-13(3)8-10-14/h7-10,15-16H,5-6,11-12H2,1-4H3. The van der Waals surface area contributed by atoms with Gasteiger partial charge in [-0.05, 0) is 39.0 Å². The summed E-state index contributed by atoms with van der Waals surface area (Å²) >= 11 is 0. The van der Waals surface area contributed by atoms with Gasteiger partial charge < -0.3 is 10.2 Å². The molecule has 2 nitrogen and oxygen atoms in total. The van der Waals surface area contributed by atoms with Crippen molar-refractivity contribution in [2.24, 2.45) is 0 Å². The summed E-state index contributed by atoms with van der Waals surface area (Å²) in [5.74, 6) is 0. The molecule has 2 heteroatoms. The van der Waals surface area contributed by atoms with E-state index < -0.39 is 0 Å². The molecule has 0 heterocycles. The van der Waals surface area contributed by atoms with Gasteiger partial charge >= 0.3 is 0 Å². The van der Waals surface area contributed by atoms with Crippen LogP contribution in [0, 0.1) is 6.92 Å². The summed E-state index contributed by atoms with van der Waals surface area (Å²) in [6.45, 7) is 10.00. The fourth-order valence-corrected chi connectivity index (χ4v) is 2.12. The summed E-state index contributed by atoms with van der Waals surface area (Å²) in [4.78, 5) is 2.50. The molecule has 1 aromatic carbocycles. The average molecular weight is 234 g/mol. The third-order valence-electron chi connectivity index (χ3n) is 3.26. The molecule has 0 radical (unpaired) electrons. The lowest BCUT2D eigenvalue weighted by molar-refractivity contribution is 0.259. The van der Waals surface area contributed by atoms with E-state index in [0.29, 0.717) is 6.04 Å². The molecule has 1 N–H and O–H groups in total. The molecular formula is C15H26N2. The zero-order valence-corrected chi connectivity index (χ0v) is 11.7. The predicted octanol–water partition coefficient (Wildman–Crippen LogP) is 2.99. The number of rotatable bonds is 7. The monoisotopic (exact) mass is 234 g/mol. The number of hydrogen-bond acceptors (Lipinski definition) is 2. The van der Waals surface area contributed by atoms with Gasteiger partial charge in [0.1, 0.15) is 0 Å². The van der Waals surface area contributed by atoms with Crippen molar-refractivity contribution >= 4 is 0 Å². The largest absolute Gasteiger partial charge is 0.312 e. The quantitative estimate of drug-likeness (QED) is 0.780.